The van der Waals surface area contributed by atoms with Gasteiger partial charge in [0.15, 0.2) is 5.82 Å². The Morgan fingerprint density at radius 2 is 1.61 bits per heavy atom. The third kappa shape index (κ3) is 3.43. The largest absolute Gasteiger partial charge is 0.353 e. The van der Waals surface area contributed by atoms with E-state index in [0.29, 0.717) is 5.95 Å². The normalized spacial score (nSPS) is 17.0. The topological polar surface area (TPSA) is 48.4 Å². The molecule has 0 spiro atoms. The summed E-state index contributed by atoms with van der Waals surface area (Å²) in [7, 11) is 0. The van der Waals surface area contributed by atoms with Crippen molar-refractivity contribution in [3.8, 4) is 0 Å². The number of anilines is 3. The number of benzene rings is 2. The highest BCUT2D eigenvalue weighted by molar-refractivity contribution is 5.66. The first-order chi connectivity index (χ1) is 13.9. The summed E-state index contributed by atoms with van der Waals surface area (Å²) in [6.45, 7) is 5.90. The molecule has 2 aliphatic heterocycles. The lowest BCUT2D eigenvalue weighted by Crippen LogP contribution is -2.46. The third-order valence-corrected chi connectivity index (χ3v) is 5.61. The van der Waals surface area contributed by atoms with Gasteiger partial charge < -0.3 is 9.80 Å². The number of hydrogen-bond donors (Lipinski definition) is 0. The van der Waals surface area contributed by atoms with Gasteiger partial charge in [-0.3, -0.25) is 4.90 Å². The second kappa shape index (κ2) is 7.56. The Morgan fingerprint density at radius 3 is 2.46 bits per heavy atom. The van der Waals surface area contributed by atoms with E-state index in [1.807, 2.05) is 0 Å². The summed E-state index contributed by atoms with van der Waals surface area (Å²) in [5.41, 5.74) is 3.93. The SMILES string of the molecule is c1ccc(CN2CCN(c3cnnc(N4CCc5ccccc54)n3)CC2)cc1. The van der Waals surface area contributed by atoms with E-state index < -0.39 is 0 Å². The van der Waals surface area contributed by atoms with Gasteiger partial charge in [0, 0.05) is 45.0 Å². The van der Waals surface area contributed by atoms with Crippen LogP contribution in [-0.2, 0) is 13.0 Å². The zero-order chi connectivity index (χ0) is 18.8. The molecule has 0 aliphatic carbocycles. The molecule has 0 amide bonds. The van der Waals surface area contributed by atoms with Crippen LogP contribution in [0.4, 0.5) is 17.5 Å². The molecule has 0 bridgehead atoms. The molecule has 1 aromatic heterocycles. The minimum absolute atomic E-state index is 0.703. The van der Waals surface area contributed by atoms with Crippen LogP contribution in [0.25, 0.3) is 0 Å². The molecule has 0 unspecified atom stereocenters. The van der Waals surface area contributed by atoms with Gasteiger partial charge in [0.1, 0.15) is 0 Å². The van der Waals surface area contributed by atoms with Crippen molar-refractivity contribution in [2.75, 3.05) is 42.5 Å². The van der Waals surface area contributed by atoms with Gasteiger partial charge >= 0.3 is 0 Å². The van der Waals surface area contributed by atoms with Gasteiger partial charge in [-0.15, -0.1) is 5.10 Å². The summed E-state index contributed by atoms with van der Waals surface area (Å²) < 4.78 is 0. The Balaban J connectivity index is 1.26. The van der Waals surface area contributed by atoms with Crippen molar-refractivity contribution in [3.05, 3.63) is 71.9 Å². The van der Waals surface area contributed by atoms with Gasteiger partial charge in [-0.2, -0.15) is 10.1 Å². The van der Waals surface area contributed by atoms with Gasteiger partial charge in [-0.25, -0.2) is 0 Å². The Bertz CT molecular complexity index is 937. The van der Waals surface area contributed by atoms with Crippen LogP contribution in [0.2, 0.25) is 0 Å². The standard InChI is InChI=1S/C22H24N6/c1-2-6-18(7-3-1)17-26-12-14-27(15-13-26)21-16-23-25-22(24-21)28-11-10-19-8-4-5-9-20(19)28/h1-9,16H,10-15,17H2. The monoisotopic (exact) mass is 372 g/mol. The van der Waals surface area contributed by atoms with Gasteiger partial charge in [-0.05, 0) is 23.6 Å². The summed E-state index contributed by atoms with van der Waals surface area (Å²) >= 11 is 0. The molecule has 1 fully saturated rings. The lowest BCUT2D eigenvalue weighted by Gasteiger charge is -2.35. The summed E-state index contributed by atoms with van der Waals surface area (Å²) in [6, 6.07) is 19.2. The van der Waals surface area contributed by atoms with Crippen molar-refractivity contribution in [2.45, 2.75) is 13.0 Å². The molecule has 6 heteroatoms. The van der Waals surface area contributed by atoms with Gasteiger partial charge in [0.2, 0.25) is 0 Å². The number of nitrogens with zero attached hydrogens (tertiary/aromatic N) is 6. The fourth-order valence-corrected chi connectivity index (χ4v) is 4.08. The maximum atomic E-state index is 4.85. The third-order valence-electron chi connectivity index (χ3n) is 5.61. The molecule has 3 aromatic rings. The molecule has 5 rings (SSSR count). The lowest BCUT2D eigenvalue weighted by atomic mass is 10.2. The van der Waals surface area contributed by atoms with E-state index in [1.165, 1.54) is 16.8 Å². The number of rotatable bonds is 4. The van der Waals surface area contributed by atoms with E-state index in [4.69, 9.17) is 4.98 Å². The summed E-state index contributed by atoms with van der Waals surface area (Å²) in [6.07, 6.45) is 2.82. The first-order valence-corrected chi connectivity index (χ1v) is 9.93. The Morgan fingerprint density at radius 1 is 0.821 bits per heavy atom. The van der Waals surface area contributed by atoms with Crippen LogP contribution in [0.1, 0.15) is 11.1 Å². The number of para-hydroxylation sites is 1. The molecular formula is C22H24N6. The molecule has 6 nitrogen and oxygen atoms in total. The fourth-order valence-electron chi connectivity index (χ4n) is 4.08. The zero-order valence-electron chi connectivity index (χ0n) is 15.9. The average Bonchev–Trinajstić information content (AvgIpc) is 3.19. The molecule has 1 saturated heterocycles. The minimum atomic E-state index is 0.703. The number of aromatic nitrogens is 3. The molecule has 0 saturated carbocycles. The maximum Gasteiger partial charge on any atom is 0.251 e. The predicted molar refractivity (Wildman–Crippen MR) is 111 cm³/mol. The van der Waals surface area contributed by atoms with Crippen LogP contribution in [-0.4, -0.2) is 52.8 Å². The van der Waals surface area contributed by atoms with Crippen LogP contribution in [0.3, 0.4) is 0 Å². The molecule has 0 atom stereocenters. The number of piperazine rings is 1. The van der Waals surface area contributed by atoms with Gasteiger partial charge in [0.05, 0.1) is 6.20 Å². The second-order valence-electron chi connectivity index (χ2n) is 7.39. The van der Waals surface area contributed by atoms with E-state index in [1.54, 1.807) is 6.20 Å². The highest BCUT2D eigenvalue weighted by atomic mass is 15.4. The molecule has 0 N–H and O–H groups in total. The lowest BCUT2D eigenvalue weighted by molar-refractivity contribution is 0.249. The summed E-state index contributed by atoms with van der Waals surface area (Å²) in [5.74, 6) is 1.63. The number of hydrogen-bond acceptors (Lipinski definition) is 6. The maximum absolute atomic E-state index is 4.85. The molecule has 3 heterocycles. The zero-order valence-corrected chi connectivity index (χ0v) is 15.9. The Hall–Kier alpha value is -2.99. The van der Waals surface area contributed by atoms with Crippen molar-refractivity contribution in [1.82, 2.24) is 20.1 Å². The average molecular weight is 372 g/mol. The number of fused-ring (bicyclic) bond motifs is 1. The molecule has 142 valence electrons. The van der Waals surface area contributed by atoms with Crippen molar-refractivity contribution >= 4 is 17.5 Å². The first-order valence-electron chi connectivity index (χ1n) is 9.93. The highest BCUT2D eigenvalue weighted by Gasteiger charge is 2.24. The molecular weight excluding hydrogens is 348 g/mol. The van der Waals surface area contributed by atoms with Crippen molar-refractivity contribution in [3.63, 3.8) is 0 Å². The molecule has 28 heavy (non-hydrogen) atoms. The molecule has 0 radical (unpaired) electrons. The van der Waals surface area contributed by atoms with Gasteiger partial charge in [0.25, 0.3) is 5.95 Å². The van der Waals surface area contributed by atoms with E-state index in [2.05, 4.69) is 79.5 Å². The van der Waals surface area contributed by atoms with Crippen LogP contribution in [0.15, 0.2) is 60.8 Å². The van der Waals surface area contributed by atoms with E-state index >= 15 is 0 Å². The summed E-state index contributed by atoms with van der Waals surface area (Å²) in [4.78, 5) is 11.8. The van der Waals surface area contributed by atoms with Gasteiger partial charge in [-0.1, -0.05) is 48.5 Å². The van der Waals surface area contributed by atoms with E-state index in [0.717, 1.165) is 51.5 Å². The van der Waals surface area contributed by atoms with Crippen LogP contribution in [0, 0.1) is 0 Å². The predicted octanol–water partition coefficient (Wildman–Crippen LogP) is 2.89. The van der Waals surface area contributed by atoms with Crippen molar-refractivity contribution in [2.24, 2.45) is 0 Å². The Labute approximate surface area is 165 Å². The Kier molecular flexibility index (Phi) is 4.62. The fraction of sp³-hybridized carbons (Fsp3) is 0.318. The smallest absolute Gasteiger partial charge is 0.251 e. The minimum Gasteiger partial charge on any atom is -0.353 e. The summed E-state index contributed by atoms with van der Waals surface area (Å²) in [5, 5.41) is 8.57. The highest BCUT2D eigenvalue weighted by Crippen LogP contribution is 2.32. The van der Waals surface area contributed by atoms with E-state index in [9.17, 15) is 0 Å². The molecule has 2 aliphatic rings. The van der Waals surface area contributed by atoms with E-state index in [-0.39, 0.29) is 0 Å². The first kappa shape index (κ1) is 17.1. The molecule has 2 aromatic carbocycles. The quantitative estimate of drug-likeness (QED) is 0.702. The van der Waals surface area contributed by atoms with Crippen molar-refractivity contribution < 1.29 is 0 Å². The van der Waals surface area contributed by atoms with Crippen LogP contribution >= 0.6 is 0 Å². The second-order valence-corrected chi connectivity index (χ2v) is 7.39. The van der Waals surface area contributed by atoms with Crippen LogP contribution < -0.4 is 9.80 Å². The van der Waals surface area contributed by atoms with Crippen molar-refractivity contribution in [1.29, 1.82) is 0 Å². The van der Waals surface area contributed by atoms with Crippen LogP contribution in [0.5, 0.6) is 0 Å².